The van der Waals surface area contributed by atoms with Gasteiger partial charge in [-0.15, -0.1) is 5.10 Å². The van der Waals surface area contributed by atoms with Gasteiger partial charge >= 0.3 is 5.69 Å². The zero-order valence-corrected chi connectivity index (χ0v) is 19.2. The van der Waals surface area contributed by atoms with Crippen molar-refractivity contribution in [3.63, 3.8) is 0 Å². The van der Waals surface area contributed by atoms with Gasteiger partial charge in [-0.1, -0.05) is 49.4 Å². The molecule has 0 atom stereocenters. The Bertz CT molecular complexity index is 1590. The molecule has 5 aromatic rings. The van der Waals surface area contributed by atoms with E-state index in [0.29, 0.717) is 30.7 Å². The molecule has 2 aromatic carbocycles. The smallest absolute Gasteiger partial charge is 0.318 e. The van der Waals surface area contributed by atoms with Gasteiger partial charge in [0.05, 0.1) is 5.69 Å². The quantitative estimate of drug-likeness (QED) is 0.388. The highest BCUT2D eigenvalue weighted by molar-refractivity contribution is 5.73. The van der Waals surface area contributed by atoms with Gasteiger partial charge in [0.15, 0.2) is 11.2 Å². The normalized spacial score (nSPS) is 11.4. The molecular formula is C24H24N8O2. The number of rotatable bonds is 6. The monoisotopic (exact) mass is 456 g/mol. The number of fused-ring (bicyclic) bond motifs is 1. The van der Waals surface area contributed by atoms with Gasteiger partial charge in [-0.05, 0) is 34.5 Å². The van der Waals surface area contributed by atoms with Gasteiger partial charge in [-0.25, -0.2) is 9.78 Å². The summed E-state index contributed by atoms with van der Waals surface area (Å²) in [6, 6.07) is 16.1. The Balaban J connectivity index is 1.56. The molecule has 0 aliphatic carbocycles. The Morgan fingerprint density at radius 2 is 1.71 bits per heavy atom. The first-order valence-corrected chi connectivity index (χ1v) is 11.1. The number of para-hydroxylation sites is 1. The third kappa shape index (κ3) is 3.43. The van der Waals surface area contributed by atoms with Gasteiger partial charge < -0.3 is 4.57 Å². The summed E-state index contributed by atoms with van der Waals surface area (Å²) in [4.78, 5) is 30.3. The number of imidazole rings is 1. The molecule has 3 aromatic heterocycles. The van der Waals surface area contributed by atoms with Crippen LogP contribution in [0.1, 0.15) is 25.2 Å². The third-order valence-corrected chi connectivity index (χ3v) is 6.05. The first-order valence-electron chi connectivity index (χ1n) is 11.1. The number of hydrogen-bond donors (Lipinski definition) is 0. The molecule has 0 N–H and O–H groups in total. The van der Waals surface area contributed by atoms with E-state index in [0.717, 1.165) is 28.2 Å². The van der Waals surface area contributed by atoms with Crippen LogP contribution in [-0.4, -0.2) is 38.9 Å². The summed E-state index contributed by atoms with van der Waals surface area (Å²) in [7, 11) is 1.66. The minimum Gasteiger partial charge on any atom is -0.318 e. The summed E-state index contributed by atoms with van der Waals surface area (Å²) in [5.74, 6) is 0.768. The molecule has 3 heterocycles. The highest BCUT2D eigenvalue weighted by atomic mass is 16.2. The predicted octanol–water partition coefficient (Wildman–Crippen LogP) is 2.17. The van der Waals surface area contributed by atoms with Crippen LogP contribution in [0.15, 0.2) is 64.4 Å². The summed E-state index contributed by atoms with van der Waals surface area (Å²) in [6.07, 6.45) is 2.21. The molecule has 0 fully saturated rings. The van der Waals surface area contributed by atoms with Crippen molar-refractivity contribution in [1.82, 2.24) is 38.9 Å². The Morgan fingerprint density at radius 1 is 0.941 bits per heavy atom. The summed E-state index contributed by atoms with van der Waals surface area (Å²) in [5, 5.41) is 11.5. The van der Waals surface area contributed by atoms with Crippen molar-refractivity contribution in [3.05, 3.63) is 87.1 Å². The molecule has 0 saturated heterocycles. The summed E-state index contributed by atoms with van der Waals surface area (Å²) < 4.78 is 6.26. The van der Waals surface area contributed by atoms with Gasteiger partial charge in [0, 0.05) is 32.1 Å². The molecule has 172 valence electrons. The Morgan fingerprint density at radius 3 is 2.38 bits per heavy atom. The largest absolute Gasteiger partial charge is 0.332 e. The van der Waals surface area contributed by atoms with Crippen LogP contribution in [0.4, 0.5) is 0 Å². The fraction of sp³-hybridized carbons (Fsp3) is 0.250. The molecule has 0 saturated carbocycles. The summed E-state index contributed by atoms with van der Waals surface area (Å²) in [6.45, 7) is 4.57. The van der Waals surface area contributed by atoms with Gasteiger partial charge in [0.25, 0.3) is 5.56 Å². The number of nitrogens with zero attached hydrogens (tertiary/aromatic N) is 8. The van der Waals surface area contributed by atoms with Crippen molar-refractivity contribution >= 4 is 11.2 Å². The maximum absolute atomic E-state index is 13.1. The number of tetrazole rings is 1. The van der Waals surface area contributed by atoms with Gasteiger partial charge in [0.2, 0.25) is 0 Å². The molecule has 0 amide bonds. The number of aryl methyl sites for hydroxylation is 2. The zero-order chi connectivity index (χ0) is 23.8. The Kier molecular flexibility index (Phi) is 5.40. The van der Waals surface area contributed by atoms with Crippen molar-refractivity contribution in [2.24, 2.45) is 7.05 Å². The minimum atomic E-state index is -0.349. The molecule has 5 rings (SSSR count). The van der Waals surface area contributed by atoms with E-state index in [1.54, 1.807) is 25.0 Å². The van der Waals surface area contributed by atoms with Crippen LogP contribution in [0.25, 0.3) is 28.0 Å². The molecule has 0 spiro atoms. The van der Waals surface area contributed by atoms with Crippen LogP contribution in [0.3, 0.4) is 0 Å². The second-order valence-electron chi connectivity index (χ2n) is 8.00. The van der Waals surface area contributed by atoms with Crippen molar-refractivity contribution in [2.75, 3.05) is 0 Å². The average Bonchev–Trinajstić information content (AvgIpc) is 3.52. The zero-order valence-electron chi connectivity index (χ0n) is 19.2. The lowest BCUT2D eigenvalue weighted by molar-refractivity contribution is 0.633. The third-order valence-electron chi connectivity index (χ3n) is 6.05. The van der Waals surface area contributed by atoms with Gasteiger partial charge in [-0.3, -0.25) is 13.9 Å². The molecular weight excluding hydrogens is 432 g/mol. The Hall–Kier alpha value is -4.34. The first-order chi connectivity index (χ1) is 16.5. The van der Waals surface area contributed by atoms with Gasteiger partial charge in [-0.2, -0.15) is 4.68 Å². The van der Waals surface area contributed by atoms with Gasteiger partial charge in [0.1, 0.15) is 12.2 Å². The molecule has 0 unspecified atom stereocenters. The van der Waals surface area contributed by atoms with Crippen molar-refractivity contribution in [1.29, 1.82) is 0 Å². The van der Waals surface area contributed by atoms with E-state index < -0.39 is 0 Å². The van der Waals surface area contributed by atoms with E-state index in [2.05, 4.69) is 20.5 Å². The maximum Gasteiger partial charge on any atom is 0.332 e. The molecule has 0 aliphatic rings. The molecule has 34 heavy (non-hydrogen) atoms. The summed E-state index contributed by atoms with van der Waals surface area (Å²) >= 11 is 0. The number of aromatic nitrogens is 8. The highest BCUT2D eigenvalue weighted by Crippen LogP contribution is 2.26. The highest BCUT2D eigenvalue weighted by Gasteiger charge is 2.19. The molecule has 10 heteroatoms. The average molecular weight is 457 g/mol. The van der Waals surface area contributed by atoms with Crippen LogP contribution >= 0.6 is 0 Å². The maximum atomic E-state index is 13.1. The van der Waals surface area contributed by atoms with Crippen LogP contribution < -0.4 is 11.2 Å². The SMILES string of the molecule is CCc1nc2c(c(=O)n(CC)c(=O)n2C)n1Cc1ccc(-c2ccccc2-n2cnnn2)cc1. The first kappa shape index (κ1) is 21.5. The lowest BCUT2D eigenvalue weighted by atomic mass is 10.0. The fourth-order valence-electron chi connectivity index (χ4n) is 4.30. The number of hydrogen-bond acceptors (Lipinski definition) is 6. The van der Waals surface area contributed by atoms with E-state index in [1.165, 1.54) is 9.13 Å². The summed E-state index contributed by atoms with van der Waals surface area (Å²) in [5.41, 5.74) is 4.15. The predicted molar refractivity (Wildman–Crippen MR) is 128 cm³/mol. The van der Waals surface area contributed by atoms with Crippen LogP contribution in [-0.2, 0) is 26.6 Å². The minimum absolute atomic E-state index is 0.306. The second kappa shape index (κ2) is 8.54. The van der Waals surface area contributed by atoms with Crippen molar-refractivity contribution in [2.45, 2.75) is 33.4 Å². The van der Waals surface area contributed by atoms with E-state index in [-0.39, 0.29) is 11.2 Å². The molecule has 10 nitrogen and oxygen atoms in total. The fourth-order valence-corrected chi connectivity index (χ4v) is 4.30. The lowest BCUT2D eigenvalue weighted by Crippen LogP contribution is -2.39. The standard InChI is InChI=1S/C24H24N8O2/c1-4-20-26-22-21(23(33)30(5-2)24(34)29(22)3)31(20)14-16-10-12-17(13-11-16)18-8-6-7-9-19(18)32-15-25-27-28-32/h6-13,15H,4-5,14H2,1-3H3. The van der Waals surface area contributed by atoms with Crippen LogP contribution in [0, 0.1) is 0 Å². The van der Waals surface area contributed by atoms with Crippen molar-refractivity contribution in [3.8, 4) is 16.8 Å². The van der Waals surface area contributed by atoms with E-state index in [1.807, 2.05) is 60.0 Å². The topological polar surface area (TPSA) is 105 Å². The lowest BCUT2D eigenvalue weighted by Gasteiger charge is -2.12. The van der Waals surface area contributed by atoms with E-state index >= 15 is 0 Å². The van der Waals surface area contributed by atoms with E-state index in [9.17, 15) is 9.59 Å². The van der Waals surface area contributed by atoms with E-state index in [4.69, 9.17) is 0 Å². The van der Waals surface area contributed by atoms with Crippen molar-refractivity contribution < 1.29 is 0 Å². The molecule has 0 radical (unpaired) electrons. The second-order valence-corrected chi connectivity index (χ2v) is 8.00. The number of benzene rings is 2. The van der Waals surface area contributed by atoms with Crippen LogP contribution in [0.2, 0.25) is 0 Å². The van der Waals surface area contributed by atoms with Crippen LogP contribution in [0.5, 0.6) is 0 Å². The molecule has 0 aliphatic heterocycles. The Labute approximate surface area is 194 Å². The molecule has 0 bridgehead atoms.